The predicted molar refractivity (Wildman–Crippen MR) is 126 cm³/mol. The van der Waals surface area contributed by atoms with Crippen molar-refractivity contribution in [1.82, 2.24) is 14.5 Å². The SMILES string of the molecule is CC[C@H](C(=O)NC(C)C)N(Cc1ccccc1)C(=O)CN(C)S(=O)(=O)c1ccc(Cl)cc1. The number of benzene rings is 2. The molecule has 2 aromatic carbocycles. The molecule has 0 aliphatic heterocycles. The minimum atomic E-state index is -3.90. The molecular formula is C23H30ClN3O4S. The van der Waals surface area contributed by atoms with Gasteiger partial charge in [0.2, 0.25) is 21.8 Å². The summed E-state index contributed by atoms with van der Waals surface area (Å²) in [4.78, 5) is 27.6. The van der Waals surface area contributed by atoms with Crippen molar-refractivity contribution in [2.45, 2.75) is 50.7 Å². The van der Waals surface area contributed by atoms with Crippen molar-refractivity contribution in [2.24, 2.45) is 0 Å². The van der Waals surface area contributed by atoms with E-state index in [-0.39, 0.29) is 23.4 Å². The molecular weight excluding hydrogens is 450 g/mol. The first-order valence-corrected chi connectivity index (χ1v) is 12.2. The highest BCUT2D eigenvalue weighted by atomic mass is 35.5. The Balaban J connectivity index is 2.29. The molecule has 7 nitrogen and oxygen atoms in total. The van der Waals surface area contributed by atoms with Crippen molar-refractivity contribution < 1.29 is 18.0 Å². The first-order chi connectivity index (χ1) is 15.1. The highest BCUT2D eigenvalue weighted by molar-refractivity contribution is 7.89. The molecule has 174 valence electrons. The molecule has 0 bridgehead atoms. The molecule has 2 amide bonds. The van der Waals surface area contributed by atoms with Gasteiger partial charge in [-0.2, -0.15) is 4.31 Å². The first kappa shape index (κ1) is 25.8. The Morgan fingerprint density at radius 3 is 2.16 bits per heavy atom. The maximum Gasteiger partial charge on any atom is 0.243 e. The van der Waals surface area contributed by atoms with Gasteiger partial charge in [0.05, 0.1) is 11.4 Å². The van der Waals surface area contributed by atoms with Gasteiger partial charge >= 0.3 is 0 Å². The van der Waals surface area contributed by atoms with Gasteiger partial charge in [-0.3, -0.25) is 9.59 Å². The van der Waals surface area contributed by atoms with E-state index in [9.17, 15) is 18.0 Å². The predicted octanol–water partition coefficient (Wildman–Crippen LogP) is 3.29. The summed E-state index contributed by atoms with van der Waals surface area (Å²) in [5, 5.41) is 3.27. The summed E-state index contributed by atoms with van der Waals surface area (Å²) in [5.41, 5.74) is 0.847. The van der Waals surface area contributed by atoms with Crippen LogP contribution in [0, 0.1) is 0 Å². The molecule has 0 saturated heterocycles. The maximum atomic E-state index is 13.3. The monoisotopic (exact) mass is 479 g/mol. The van der Waals surface area contributed by atoms with Crippen molar-refractivity contribution in [1.29, 1.82) is 0 Å². The summed E-state index contributed by atoms with van der Waals surface area (Å²) in [6.07, 6.45) is 0.394. The van der Waals surface area contributed by atoms with Crippen LogP contribution in [-0.2, 0) is 26.2 Å². The second kappa shape index (κ2) is 11.4. The normalized spacial score (nSPS) is 12.6. The van der Waals surface area contributed by atoms with E-state index in [1.807, 2.05) is 51.1 Å². The van der Waals surface area contributed by atoms with Gasteiger partial charge in [-0.05, 0) is 50.1 Å². The zero-order valence-corrected chi connectivity index (χ0v) is 20.4. The molecule has 2 rings (SSSR count). The number of hydrogen-bond donors (Lipinski definition) is 1. The van der Waals surface area contributed by atoms with E-state index >= 15 is 0 Å². The number of rotatable bonds is 10. The number of hydrogen-bond acceptors (Lipinski definition) is 4. The first-order valence-electron chi connectivity index (χ1n) is 10.4. The third-order valence-corrected chi connectivity index (χ3v) is 6.96. The van der Waals surface area contributed by atoms with Crippen molar-refractivity contribution in [3.05, 3.63) is 65.2 Å². The Morgan fingerprint density at radius 2 is 1.62 bits per heavy atom. The fraction of sp³-hybridized carbons (Fsp3) is 0.391. The molecule has 0 aromatic heterocycles. The fourth-order valence-electron chi connectivity index (χ4n) is 3.23. The molecule has 0 spiro atoms. The van der Waals surface area contributed by atoms with Gasteiger partial charge in [-0.15, -0.1) is 0 Å². The lowest BCUT2D eigenvalue weighted by molar-refractivity contribution is -0.141. The average molecular weight is 480 g/mol. The lowest BCUT2D eigenvalue weighted by atomic mass is 10.1. The van der Waals surface area contributed by atoms with Crippen LogP contribution in [0.15, 0.2) is 59.5 Å². The van der Waals surface area contributed by atoms with Crippen molar-refractivity contribution in [3.63, 3.8) is 0 Å². The Bertz CT molecular complexity index is 1010. The van der Waals surface area contributed by atoms with Crippen molar-refractivity contribution >= 4 is 33.4 Å². The number of halogens is 1. The van der Waals surface area contributed by atoms with Crippen LogP contribution in [-0.4, -0.2) is 55.1 Å². The Labute approximate surface area is 195 Å². The summed E-state index contributed by atoms with van der Waals surface area (Å²) < 4.78 is 26.8. The number of carbonyl (C=O) groups excluding carboxylic acids is 2. The van der Waals surface area contributed by atoms with Crippen LogP contribution in [0.5, 0.6) is 0 Å². The molecule has 1 atom stereocenters. The molecule has 0 radical (unpaired) electrons. The molecule has 0 unspecified atom stereocenters. The van der Waals surface area contributed by atoms with E-state index in [1.165, 1.54) is 36.2 Å². The minimum absolute atomic E-state index is 0.0383. The van der Waals surface area contributed by atoms with Crippen molar-refractivity contribution in [3.8, 4) is 0 Å². The Hall–Kier alpha value is -2.42. The van der Waals surface area contributed by atoms with E-state index in [1.54, 1.807) is 0 Å². The van der Waals surface area contributed by atoms with E-state index in [0.29, 0.717) is 11.4 Å². The maximum absolute atomic E-state index is 13.3. The highest BCUT2D eigenvalue weighted by Gasteiger charge is 2.31. The summed E-state index contributed by atoms with van der Waals surface area (Å²) in [7, 11) is -2.56. The zero-order valence-electron chi connectivity index (χ0n) is 18.8. The van der Waals surface area contributed by atoms with Gasteiger partial charge in [0.25, 0.3) is 0 Å². The molecule has 0 fully saturated rings. The standard InChI is InChI=1S/C23H30ClN3O4S/c1-5-21(23(29)25-17(2)3)27(15-18-9-7-6-8-10-18)22(28)16-26(4)32(30,31)20-13-11-19(24)12-14-20/h6-14,17,21H,5,15-16H2,1-4H3,(H,25,29)/t21-/m1/s1. The van der Waals surface area contributed by atoms with Crippen molar-refractivity contribution in [2.75, 3.05) is 13.6 Å². The molecule has 0 heterocycles. The van der Waals surface area contributed by atoms with Crippen LogP contribution in [0.3, 0.4) is 0 Å². The lowest BCUT2D eigenvalue weighted by Gasteiger charge is -2.32. The van der Waals surface area contributed by atoms with E-state index < -0.39 is 28.5 Å². The van der Waals surface area contributed by atoms with E-state index in [2.05, 4.69) is 5.32 Å². The number of sulfonamides is 1. The van der Waals surface area contributed by atoms with Gasteiger partial charge in [0.15, 0.2) is 0 Å². The van der Waals surface area contributed by atoms with Crippen LogP contribution in [0.25, 0.3) is 0 Å². The largest absolute Gasteiger partial charge is 0.352 e. The Morgan fingerprint density at radius 1 is 1.03 bits per heavy atom. The van der Waals surface area contributed by atoms with Crippen LogP contribution >= 0.6 is 11.6 Å². The third kappa shape index (κ3) is 6.79. The van der Waals surface area contributed by atoms with Gasteiger partial charge in [-0.1, -0.05) is 48.9 Å². The topological polar surface area (TPSA) is 86.8 Å². The van der Waals surface area contributed by atoms with E-state index in [4.69, 9.17) is 11.6 Å². The van der Waals surface area contributed by atoms with Crippen LogP contribution < -0.4 is 5.32 Å². The molecule has 2 aromatic rings. The lowest BCUT2D eigenvalue weighted by Crippen LogP contribution is -2.52. The molecule has 32 heavy (non-hydrogen) atoms. The van der Waals surface area contributed by atoms with E-state index in [0.717, 1.165) is 9.87 Å². The number of likely N-dealkylation sites (N-methyl/N-ethyl adjacent to an activating group) is 1. The second-order valence-corrected chi connectivity index (χ2v) is 10.3. The highest BCUT2D eigenvalue weighted by Crippen LogP contribution is 2.19. The smallest absolute Gasteiger partial charge is 0.243 e. The summed E-state index contributed by atoms with van der Waals surface area (Å²) in [6, 6.07) is 14.2. The third-order valence-electron chi connectivity index (χ3n) is 4.89. The number of carbonyl (C=O) groups is 2. The van der Waals surface area contributed by atoms with Gasteiger partial charge in [0.1, 0.15) is 6.04 Å². The number of amides is 2. The van der Waals surface area contributed by atoms with Crippen LogP contribution in [0.2, 0.25) is 5.02 Å². The fourth-order valence-corrected chi connectivity index (χ4v) is 4.48. The van der Waals surface area contributed by atoms with Crippen LogP contribution in [0.4, 0.5) is 0 Å². The molecule has 0 saturated carbocycles. The second-order valence-electron chi connectivity index (χ2n) is 7.81. The molecule has 1 N–H and O–H groups in total. The van der Waals surface area contributed by atoms with Gasteiger partial charge < -0.3 is 10.2 Å². The van der Waals surface area contributed by atoms with Gasteiger partial charge in [0, 0.05) is 24.7 Å². The summed E-state index contributed by atoms with van der Waals surface area (Å²) in [6.45, 7) is 5.31. The van der Waals surface area contributed by atoms with Crippen LogP contribution in [0.1, 0.15) is 32.8 Å². The number of nitrogens with one attached hydrogen (secondary N) is 1. The Kier molecular flexibility index (Phi) is 9.24. The summed E-state index contributed by atoms with van der Waals surface area (Å²) in [5.74, 6) is -0.727. The quantitative estimate of drug-likeness (QED) is 0.566. The number of nitrogens with zero attached hydrogens (tertiary/aromatic N) is 2. The minimum Gasteiger partial charge on any atom is -0.352 e. The average Bonchev–Trinajstić information content (AvgIpc) is 2.74. The summed E-state index contributed by atoms with van der Waals surface area (Å²) >= 11 is 5.85. The molecule has 0 aliphatic rings. The molecule has 0 aliphatic carbocycles. The molecule has 9 heteroatoms. The zero-order chi connectivity index (χ0) is 23.9. The van der Waals surface area contributed by atoms with Gasteiger partial charge in [-0.25, -0.2) is 8.42 Å².